The Hall–Kier alpha value is -3.04. The third-order valence-electron chi connectivity index (χ3n) is 4.12. The lowest BCUT2D eigenvalue weighted by Crippen LogP contribution is -2.08. The maximum absolute atomic E-state index is 9.40. The maximum Gasteiger partial charge on any atom is 0.190 e. The fourth-order valence-corrected chi connectivity index (χ4v) is 3.44. The lowest BCUT2D eigenvalue weighted by Gasteiger charge is -2.11. The predicted octanol–water partition coefficient (Wildman–Crippen LogP) is 4.42. The summed E-state index contributed by atoms with van der Waals surface area (Å²) >= 11 is 1.49. The van der Waals surface area contributed by atoms with Crippen molar-refractivity contribution in [3.63, 3.8) is 0 Å². The lowest BCUT2D eigenvalue weighted by atomic mass is 10.1. The molecule has 2 N–H and O–H groups in total. The van der Waals surface area contributed by atoms with Crippen LogP contribution in [0, 0.1) is 25.2 Å². The van der Waals surface area contributed by atoms with E-state index in [1.165, 1.54) is 22.9 Å². The number of nitrogens with two attached hydrogens (primary N) is 1. The number of nitriles is 1. The molecule has 0 saturated heterocycles. The van der Waals surface area contributed by atoms with Crippen LogP contribution in [0.25, 0.3) is 0 Å². The zero-order chi connectivity index (χ0) is 19.2. The van der Waals surface area contributed by atoms with E-state index >= 15 is 0 Å². The van der Waals surface area contributed by atoms with Crippen molar-refractivity contribution in [3.05, 3.63) is 76.5 Å². The number of aryl methyl sites for hydroxylation is 2. The van der Waals surface area contributed by atoms with Crippen molar-refractivity contribution < 1.29 is 4.74 Å². The molecule has 0 aliphatic heterocycles. The van der Waals surface area contributed by atoms with Crippen LogP contribution in [0.15, 0.2) is 53.7 Å². The monoisotopic (exact) mass is 376 g/mol. The Kier molecular flexibility index (Phi) is 5.94. The average molecular weight is 376 g/mol. The molecule has 1 aromatic heterocycles. The largest absolute Gasteiger partial charge is 0.487 e. The van der Waals surface area contributed by atoms with E-state index in [2.05, 4.69) is 35.1 Å². The molecule has 1 heterocycles. The Bertz CT molecular complexity index is 980. The number of aromatic nitrogens is 2. The van der Waals surface area contributed by atoms with Gasteiger partial charge in [0, 0.05) is 5.75 Å². The van der Waals surface area contributed by atoms with Crippen LogP contribution in [-0.2, 0) is 12.4 Å². The van der Waals surface area contributed by atoms with Gasteiger partial charge in [-0.25, -0.2) is 9.97 Å². The summed E-state index contributed by atoms with van der Waals surface area (Å²) in [5.74, 6) is 1.63. The van der Waals surface area contributed by atoms with Gasteiger partial charge in [-0.05, 0) is 37.1 Å². The fourth-order valence-electron chi connectivity index (χ4n) is 2.49. The van der Waals surface area contributed by atoms with Gasteiger partial charge in [-0.15, -0.1) is 0 Å². The summed E-state index contributed by atoms with van der Waals surface area (Å²) in [7, 11) is 0. The molecule has 0 saturated carbocycles. The molecule has 0 aliphatic rings. The number of anilines is 1. The molecule has 0 spiro atoms. The van der Waals surface area contributed by atoms with Crippen LogP contribution in [0.1, 0.15) is 27.9 Å². The number of hydrogen-bond donors (Lipinski definition) is 1. The van der Waals surface area contributed by atoms with Crippen molar-refractivity contribution in [1.82, 2.24) is 9.97 Å². The number of ether oxygens (including phenoxy) is 1. The molecule has 27 heavy (non-hydrogen) atoms. The first kappa shape index (κ1) is 18.7. The Morgan fingerprint density at radius 1 is 1.07 bits per heavy atom. The number of nitrogens with zero attached hydrogens (tertiary/aromatic N) is 3. The summed E-state index contributed by atoms with van der Waals surface area (Å²) in [6.07, 6.45) is 0. The molecule has 0 fully saturated rings. The average Bonchev–Trinajstić information content (AvgIpc) is 2.67. The van der Waals surface area contributed by atoms with E-state index in [1.807, 2.05) is 43.3 Å². The first-order chi connectivity index (χ1) is 13.1. The Morgan fingerprint density at radius 3 is 2.52 bits per heavy atom. The number of hydrogen-bond acceptors (Lipinski definition) is 6. The smallest absolute Gasteiger partial charge is 0.190 e. The van der Waals surface area contributed by atoms with E-state index < -0.39 is 0 Å². The molecule has 0 amide bonds. The van der Waals surface area contributed by atoms with Gasteiger partial charge in [-0.3, -0.25) is 0 Å². The van der Waals surface area contributed by atoms with Crippen LogP contribution in [0.4, 0.5) is 5.82 Å². The van der Waals surface area contributed by atoms with Crippen LogP contribution < -0.4 is 10.5 Å². The van der Waals surface area contributed by atoms with Crippen LogP contribution in [0.5, 0.6) is 5.75 Å². The van der Waals surface area contributed by atoms with Crippen LogP contribution >= 0.6 is 11.8 Å². The highest BCUT2D eigenvalue weighted by molar-refractivity contribution is 7.98. The summed E-state index contributed by atoms with van der Waals surface area (Å²) < 4.78 is 5.78. The molecular weight excluding hydrogens is 356 g/mol. The number of benzene rings is 2. The van der Waals surface area contributed by atoms with Crippen molar-refractivity contribution in [2.24, 2.45) is 0 Å². The van der Waals surface area contributed by atoms with E-state index in [0.717, 1.165) is 17.1 Å². The zero-order valence-electron chi connectivity index (χ0n) is 15.3. The first-order valence-corrected chi connectivity index (χ1v) is 9.48. The predicted molar refractivity (Wildman–Crippen MR) is 107 cm³/mol. The Balaban J connectivity index is 1.77. The van der Waals surface area contributed by atoms with Gasteiger partial charge >= 0.3 is 0 Å². The molecule has 0 atom stereocenters. The highest BCUT2D eigenvalue weighted by Gasteiger charge is 2.14. The summed E-state index contributed by atoms with van der Waals surface area (Å²) in [4.78, 5) is 8.77. The van der Waals surface area contributed by atoms with Crippen molar-refractivity contribution in [3.8, 4) is 11.8 Å². The third kappa shape index (κ3) is 4.78. The molecule has 0 unspecified atom stereocenters. The number of thioether (sulfide) groups is 1. The molecule has 6 heteroatoms. The minimum Gasteiger partial charge on any atom is -0.487 e. The minimum atomic E-state index is 0.163. The lowest BCUT2D eigenvalue weighted by molar-refractivity contribution is 0.299. The van der Waals surface area contributed by atoms with Crippen molar-refractivity contribution in [2.45, 2.75) is 31.4 Å². The molecule has 5 nitrogen and oxygen atoms in total. The molecule has 3 aromatic rings. The fraction of sp³-hybridized carbons (Fsp3) is 0.190. The molecule has 2 aromatic carbocycles. The van der Waals surface area contributed by atoms with Crippen molar-refractivity contribution in [2.75, 3.05) is 5.73 Å². The van der Waals surface area contributed by atoms with Crippen LogP contribution in [0.3, 0.4) is 0 Å². The van der Waals surface area contributed by atoms with E-state index in [0.29, 0.717) is 10.9 Å². The van der Waals surface area contributed by atoms with Gasteiger partial charge in [-0.1, -0.05) is 53.7 Å². The second-order valence-corrected chi connectivity index (χ2v) is 7.08. The zero-order valence-corrected chi connectivity index (χ0v) is 16.1. The van der Waals surface area contributed by atoms with Crippen molar-refractivity contribution in [1.29, 1.82) is 5.26 Å². The highest BCUT2D eigenvalue weighted by atomic mass is 32.2. The number of nitrogen functional groups attached to an aromatic ring is 1. The maximum atomic E-state index is 9.40. The molecule has 136 valence electrons. The Labute approximate surface area is 163 Å². The van der Waals surface area contributed by atoms with E-state index in [-0.39, 0.29) is 18.0 Å². The third-order valence-corrected chi connectivity index (χ3v) is 5.01. The molecule has 0 bridgehead atoms. The molecule has 0 aliphatic carbocycles. The summed E-state index contributed by atoms with van der Waals surface area (Å²) in [6, 6.07) is 18.0. The second kappa shape index (κ2) is 8.56. The number of rotatable bonds is 6. The van der Waals surface area contributed by atoms with Gasteiger partial charge < -0.3 is 10.5 Å². The topological polar surface area (TPSA) is 84.8 Å². The standard InChI is InChI=1S/C21H20N4OS/c1-14-7-9-17(10-8-14)26-12-19-18(11-22)20(23)25-21(24-19)27-13-16-6-4-3-5-15(16)2/h3-10H,12-13H2,1-2H3,(H2,23,24,25). The summed E-state index contributed by atoms with van der Waals surface area (Å²) in [5, 5.41) is 9.93. The van der Waals surface area contributed by atoms with E-state index in [4.69, 9.17) is 10.5 Å². The van der Waals surface area contributed by atoms with Gasteiger partial charge in [0.05, 0.1) is 0 Å². The van der Waals surface area contributed by atoms with Gasteiger partial charge in [-0.2, -0.15) is 5.26 Å². The van der Waals surface area contributed by atoms with Gasteiger partial charge in [0.15, 0.2) is 5.16 Å². The van der Waals surface area contributed by atoms with Gasteiger partial charge in [0.2, 0.25) is 0 Å². The van der Waals surface area contributed by atoms with Gasteiger partial charge in [0.25, 0.3) is 0 Å². The SMILES string of the molecule is Cc1ccc(OCc2nc(SCc3ccccc3C)nc(N)c2C#N)cc1. The summed E-state index contributed by atoms with van der Waals surface area (Å²) in [6.45, 7) is 4.25. The normalized spacial score (nSPS) is 10.4. The summed E-state index contributed by atoms with van der Waals surface area (Å²) in [5.41, 5.74) is 10.3. The van der Waals surface area contributed by atoms with E-state index in [9.17, 15) is 5.26 Å². The first-order valence-electron chi connectivity index (χ1n) is 8.50. The van der Waals surface area contributed by atoms with Crippen LogP contribution in [-0.4, -0.2) is 9.97 Å². The molecule has 0 radical (unpaired) electrons. The van der Waals surface area contributed by atoms with Crippen LogP contribution in [0.2, 0.25) is 0 Å². The second-order valence-electron chi connectivity index (χ2n) is 6.14. The van der Waals surface area contributed by atoms with Crippen molar-refractivity contribution >= 4 is 17.6 Å². The quantitative estimate of drug-likeness (QED) is 0.506. The minimum absolute atomic E-state index is 0.163. The Morgan fingerprint density at radius 2 is 1.81 bits per heavy atom. The molecule has 3 rings (SSSR count). The van der Waals surface area contributed by atoms with E-state index in [1.54, 1.807) is 0 Å². The van der Waals surface area contributed by atoms with Gasteiger partial charge in [0.1, 0.15) is 35.5 Å². The molecular formula is C21H20N4OS. The highest BCUT2D eigenvalue weighted by Crippen LogP contribution is 2.25.